The van der Waals surface area contributed by atoms with Gasteiger partial charge in [0.25, 0.3) is 0 Å². The lowest BCUT2D eigenvalue weighted by atomic mass is 10.3. The molecule has 0 amide bonds. The van der Waals surface area contributed by atoms with Crippen LogP contribution in [0, 0.1) is 5.82 Å². The summed E-state index contributed by atoms with van der Waals surface area (Å²) in [7, 11) is 0. The minimum absolute atomic E-state index is 0.170. The van der Waals surface area contributed by atoms with E-state index in [1.54, 1.807) is 22.9 Å². The maximum atomic E-state index is 13.0. The van der Waals surface area contributed by atoms with Gasteiger partial charge in [0.1, 0.15) is 17.4 Å². The standard InChI is InChI=1S/C12H14FN3O/c1-8(2)16-7-11(14)15-12(16)17-10-5-3-4-9(13)6-10/h3-8H,14H2,1-2H3. The highest BCUT2D eigenvalue weighted by Gasteiger charge is 2.11. The van der Waals surface area contributed by atoms with E-state index in [0.29, 0.717) is 17.6 Å². The zero-order valence-electron chi connectivity index (χ0n) is 9.72. The van der Waals surface area contributed by atoms with Gasteiger partial charge in [0.2, 0.25) is 0 Å². The van der Waals surface area contributed by atoms with Crippen LogP contribution in [-0.2, 0) is 0 Å². The number of rotatable bonds is 3. The molecule has 0 unspecified atom stereocenters. The van der Waals surface area contributed by atoms with E-state index in [0.717, 1.165) is 0 Å². The summed E-state index contributed by atoms with van der Waals surface area (Å²) < 4.78 is 20.3. The lowest BCUT2D eigenvalue weighted by molar-refractivity contribution is 0.393. The Balaban J connectivity index is 2.29. The number of anilines is 1. The Morgan fingerprint density at radius 3 is 2.82 bits per heavy atom. The van der Waals surface area contributed by atoms with Gasteiger partial charge >= 0.3 is 6.01 Å². The Morgan fingerprint density at radius 1 is 1.41 bits per heavy atom. The number of nitrogens with zero attached hydrogens (tertiary/aromatic N) is 2. The molecule has 2 aromatic rings. The SMILES string of the molecule is CC(C)n1cc(N)nc1Oc1cccc(F)c1. The quantitative estimate of drug-likeness (QED) is 0.889. The second-order valence-corrected chi connectivity index (χ2v) is 4.01. The molecule has 0 radical (unpaired) electrons. The van der Waals surface area contributed by atoms with Crippen LogP contribution in [0.2, 0.25) is 0 Å². The Labute approximate surface area is 98.8 Å². The zero-order chi connectivity index (χ0) is 12.4. The van der Waals surface area contributed by atoms with Crippen molar-refractivity contribution in [1.82, 2.24) is 9.55 Å². The maximum absolute atomic E-state index is 13.0. The third-order valence-corrected chi connectivity index (χ3v) is 2.28. The van der Waals surface area contributed by atoms with Gasteiger partial charge in [0.05, 0.1) is 6.20 Å². The van der Waals surface area contributed by atoms with Gasteiger partial charge in [-0.05, 0) is 26.0 Å². The number of aromatic nitrogens is 2. The van der Waals surface area contributed by atoms with E-state index in [-0.39, 0.29) is 11.9 Å². The number of nitrogens with two attached hydrogens (primary N) is 1. The molecule has 2 N–H and O–H groups in total. The number of ether oxygens (including phenoxy) is 1. The van der Waals surface area contributed by atoms with Crippen molar-refractivity contribution in [2.24, 2.45) is 0 Å². The molecule has 0 aliphatic carbocycles. The average Bonchev–Trinajstić information content (AvgIpc) is 2.59. The second-order valence-electron chi connectivity index (χ2n) is 4.01. The van der Waals surface area contributed by atoms with Gasteiger partial charge in [-0.3, -0.25) is 4.57 Å². The number of halogens is 1. The van der Waals surface area contributed by atoms with Crippen LogP contribution in [0.25, 0.3) is 0 Å². The number of hydrogen-bond acceptors (Lipinski definition) is 3. The lowest BCUT2D eigenvalue weighted by Crippen LogP contribution is -2.02. The molecule has 0 bridgehead atoms. The summed E-state index contributed by atoms with van der Waals surface area (Å²) >= 11 is 0. The molecule has 0 saturated heterocycles. The lowest BCUT2D eigenvalue weighted by Gasteiger charge is -2.11. The minimum Gasteiger partial charge on any atom is -0.425 e. The fourth-order valence-electron chi connectivity index (χ4n) is 1.48. The molecule has 0 aliphatic heterocycles. The van der Waals surface area contributed by atoms with E-state index in [1.165, 1.54) is 12.1 Å². The summed E-state index contributed by atoms with van der Waals surface area (Å²) in [5.41, 5.74) is 5.61. The predicted octanol–water partition coefficient (Wildman–Crippen LogP) is 2.98. The van der Waals surface area contributed by atoms with E-state index in [4.69, 9.17) is 10.5 Å². The van der Waals surface area contributed by atoms with Crippen molar-refractivity contribution in [3.05, 3.63) is 36.3 Å². The molecule has 4 nitrogen and oxygen atoms in total. The molecule has 0 aliphatic rings. The first-order valence-corrected chi connectivity index (χ1v) is 5.34. The molecule has 90 valence electrons. The molecule has 1 aromatic carbocycles. The van der Waals surface area contributed by atoms with Crippen molar-refractivity contribution >= 4 is 5.82 Å². The van der Waals surface area contributed by atoms with Crippen LogP contribution in [0.3, 0.4) is 0 Å². The van der Waals surface area contributed by atoms with Gasteiger partial charge in [-0.2, -0.15) is 4.98 Å². The van der Waals surface area contributed by atoms with E-state index in [9.17, 15) is 4.39 Å². The molecule has 5 heteroatoms. The fraction of sp³-hybridized carbons (Fsp3) is 0.250. The maximum Gasteiger partial charge on any atom is 0.304 e. The van der Waals surface area contributed by atoms with Crippen LogP contribution in [-0.4, -0.2) is 9.55 Å². The smallest absolute Gasteiger partial charge is 0.304 e. The molecule has 0 fully saturated rings. The Bertz CT molecular complexity index is 522. The van der Waals surface area contributed by atoms with Crippen molar-refractivity contribution in [3.8, 4) is 11.8 Å². The van der Waals surface area contributed by atoms with Crippen molar-refractivity contribution in [3.63, 3.8) is 0 Å². The molecular weight excluding hydrogens is 221 g/mol. The molecular formula is C12H14FN3O. The molecule has 2 rings (SSSR count). The molecule has 0 atom stereocenters. The number of benzene rings is 1. The van der Waals surface area contributed by atoms with E-state index in [1.807, 2.05) is 13.8 Å². The highest BCUT2D eigenvalue weighted by molar-refractivity contribution is 5.32. The van der Waals surface area contributed by atoms with Crippen LogP contribution in [0.15, 0.2) is 30.5 Å². The van der Waals surface area contributed by atoms with E-state index >= 15 is 0 Å². The van der Waals surface area contributed by atoms with Crippen molar-refractivity contribution in [2.45, 2.75) is 19.9 Å². The van der Waals surface area contributed by atoms with E-state index < -0.39 is 0 Å². The number of hydrogen-bond donors (Lipinski definition) is 1. The zero-order valence-corrected chi connectivity index (χ0v) is 9.72. The fourth-order valence-corrected chi connectivity index (χ4v) is 1.48. The minimum atomic E-state index is -0.349. The third kappa shape index (κ3) is 2.55. The van der Waals surface area contributed by atoms with Crippen LogP contribution < -0.4 is 10.5 Å². The molecule has 17 heavy (non-hydrogen) atoms. The summed E-state index contributed by atoms with van der Waals surface area (Å²) in [6.07, 6.45) is 1.69. The first-order valence-electron chi connectivity index (χ1n) is 5.34. The van der Waals surface area contributed by atoms with Gasteiger partial charge in [0.15, 0.2) is 0 Å². The summed E-state index contributed by atoms with van der Waals surface area (Å²) in [4.78, 5) is 4.05. The highest BCUT2D eigenvalue weighted by Crippen LogP contribution is 2.25. The third-order valence-electron chi connectivity index (χ3n) is 2.28. The van der Waals surface area contributed by atoms with Crippen molar-refractivity contribution in [2.75, 3.05) is 5.73 Å². The first-order chi connectivity index (χ1) is 8.06. The monoisotopic (exact) mass is 235 g/mol. The summed E-state index contributed by atoms with van der Waals surface area (Å²) in [6, 6.07) is 6.44. The Hall–Kier alpha value is -2.04. The Morgan fingerprint density at radius 2 is 2.18 bits per heavy atom. The van der Waals surface area contributed by atoms with E-state index in [2.05, 4.69) is 4.98 Å². The summed E-state index contributed by atoms with van der Waals surface area (Å²) in [5.74, 6) is 0.431. The molecule has 0 saturated carbocycles. The predicted molar refractivity (Wildman–Crippen MR) is 63.5 cm³/mol. The number of imidazole rings is 1. The van der Waals surface area contributed by atoms with Crippen molar-refractivity contribution in [1.29, 1.82) is 0 Å². The summed E-state index contributed by atoms with van der Waals surface area (Å²) in [5, 5.41) is 0. The Kier molecular flexibility index (Phi) is 2.99. The average molecular weight is 235 g/mol. The molecule has 1 aromatic heterocycles. The van der Waals surface area contributed by atoms with Crippen LogP contribution in [0.4, 0.5) is 10.2 Å². The first kappa shape index (κ1) is 11.4. The van der Waals surface area contributed by atoms with Gasteiger partial charge in [-0.1, -0.05) is 6.07 Å². The van der Waals surface area contributed by atoms with Crippen molar-refractivity contribution < 1.29 is 9.13 Å². The molecule has 0 spiro atoms. The largest absolute Gasteiger partial charge is 0.425 e. The van der Waals surface area contributed by atoms with Crippen LogP contribution >= 0.6 is 0 Å². The van der Waals surface area contributed by atoms with Gasteiger partial charge in [-0.15, -0.1) is 0 Å². The van der Waals surface area contributed by atoms with Gasteiger partial charge < -0.3 is 10.5 Å². The normalized spacial score (nSPS) is 10.8. The topological polar surface area (TPSA) is 53.1 Å². The van der Waals surface area contributed by atoms with Gasteiger partial charge in [-0.25, -0.2) is 4.39 Å². The van der Waals surface area contributed by atoms with Crippen LogP contribution in [0.5, 0.6) is 11.8 Å². The second kappa shape index (κ2) is 4.45. The summed E-state index contributed by atoms with van der Waals surface area (Å²) in [6.45, 7) is 3.97. The van der Waals surface area contributed by atoms with Gasteiger partial charge in [0, 0.05) is 12.1 Å². The van der Waals surface area contributed by atoms with Crippen LogP contribution in [0.1, 0.15) is 19.9 Å². The number of nitrogen functional groups attached to an aromatic ring is 1. The molecule has 1 heterocycles. The highest BCUT2D eigenvalue weighted by atomic mass is 19.1.